The van der Waals surface area contributed by atoms with Gasteiger partial charge in [0, 0.05) is 61.3 Å². The molecule has 0 spiro atoms. The second kappa shape index (κ2) is 23.0. The van der Waals surface area contributed by atoms with Crippen LogP contribution in [0.5, 0.6) is 0 Å². The van der Waals surface area contributed by atoms with E-state index in [1.54, 1.807) is 6.92 Å². The second-order valence-corrected chi connectivity index (χ2v) is 13.7. The molecular weight excluding hydrogens is 790 g/mol. The van der Waals surface area contributed by atoms with E-state index in [1.165, 1.54) is 0 Å². The van der Waals surface area contributed by atoms with E-state index in [1.807, 2.05) is 0 Å². The average Bonchev–Trinajstić information content (AvgIpc) is 3.12. The van der Waals surface area contributed by atoms with Crippen molar-refractivity contribution in [2.24, 2.45) is 5.92 Å². The van der Waals surface area contributed by atoms with Crippen molar-refractivity contribution in [1.82, 2.24) is 0 Å². The van der Waals surface area contributed by atoms with Gasteiger partial charge >= 0.3 is 41.8 Å². The molecule has 328 valence electrons. The number of rotatable bonds is 17. The topological polar surface area (TPSA) is 263 Å². The fourth-order valence-electron chi connectivity index (χ4n) is 6.51. The molecule has 0 aromatic rings. The summed E-state index contributed by atoms with van der Waals surface area (Å²) in [7, 11) is 0. The zero-order valence-electron chi connectivity index (χ0n) is 34.0. The maximum atomic E-state index is 12.8. The predicted molar refractivity (Wildman–Crippen MR) is 190 cm³/mol. The number of ether oxygens (including phenoxy) is 13. The maximum Gasteiger partial charge on any atom is 0.303 e. The van der Waals surface area contributed by atoms with Gasteiger partial charge in [0.2, 0.25) is 0 Å². The molecule has 14 atom stereocenters. The molecule has 21 heteroatoms. The van der Waals surface area contributed by atoms with Gasteiger partial charge in [0.05, 0.1) is 24.7 Å². The van der Waals surface area contributed by atoms with Gasteiger partial charge in [-0.1, -0.05) is 0 Å². The minimum absolute atomic E-state index is 0.00621. The Morgan fingerprint density at radius 3 is 1.47 bits per heavy atom. The van der Waals surface area contributed by atoms with Crippen molar-refractivity contribution in [3.63, 3.8) is 0 Å². The molecule has 8 unspecified atom stereocenters. The lowest BCUT2D eigenvalue weighted by Crippen LogP contribution is -2.67. The van der Waals surface area contributed by atoms with Gasteiger partial charge in [-0.3, -0.25) is 33.6 Å². The third kappa shape index (κ3) is 14.7. The van der Waals surface area contributed by atoms with Gasteiger partial charge in [0.25, 0.3) is 0 Å². The Morgan fingerprint density at radius 1 is 0.593 bits per heavy atom. The summed E-state index contributed by atoms with van der Waals surface area (Å²) in [6, 6.07) is 2.09. The third-order valence-electron chi connectivity index (χ3n) is 8.81. The van der Waals surface area contributed by atoms with E-state index in [2.05, 4.69) is 12.0 Å². The average molecular weight is 842 g/mol. The van der Waals surface area contributed by atoms with Crippen LogP contribution in [0.3, 0.4) is 0 Å². The molecule has 59 heavy (non-hydrogen) atoms. The fourth-order valence-corrected chi connectivity index (χ4v) is 6.51. The normalized spacial score (nSPS) is 32.8. The molecule has 3 aliphatic rings. The first-order valence-electron chi connectivity index (χ1n) is 18.7. The molecule has 0 saturated carbocycles. The van der Waals surface area contributed by atoms with Crippen LogP contribution >= 0.6 is 0 Å². The van der Waals surface area contributed by atoms with E-state index < -0.39 is 141 Å². The zero-order valence-corrected chi connectivity index (χ0v) is 34.0. The highest BCUT2D eigenvalue weighted by Crippen LogP contribution is 2.37. The number of carbonyl (C=O) groups excluding carboxylic acids is 7. The van der Waals surface area contributed by atoms with E-state index in [4.69, 9.17) is 68.0 Å². The van der Waals surface area contributed by atoms with Crippen molar-refractivity contribution >= 4 is 41.8 Å². The molecule has 3 fully saturated rings. The van der Waals surface area contributed by atoms with Gasteiger partial charge in [0.1, 0.15) is 37.6 Å². The summed E-state index contributed by atoms with van der Waals surface area (Å²) in [5, 5.41) is 9.69. The summed E-state index contributed by atoms with van der Waals surface area (Å²) >= 11 is 0. The van der Waals surface area contributed by atoms with Crippen LogP contribution in [-0.2, 0) is 95.1 Å². The Bertz CT molecular complexity index is 1590. The minimum Gasteiger partial charge on any atom is -0.463 e. The first-order chi connectivity index (χ1) is 27.8. The number of terminal acetylenes is 1. The highest BCUT2D eigenvalue weighted by atomic mass is 16.8. The standard InChI is InChI=1S/C38H51NO20/c1-10-11-12-13-47-37-34(54-24(8)45)32(52-22(6)43)31(28(56-37)16-48-19(3)40)59-38-35(55-25(9)46)33(53-23(7)44)30(29(57-38)17-49-20(4)41)58-36-27(51-21(5)42)14-26(15-39)18(2)50-36/h1,18,26-38H,11-14,16-17H2,2-9H3/t18?,26-,27?,28?,29?,30-,31-,32?,33?,34?,35?,36-,37-,38-/m1/s1. The molecule has 3 saturated heterocycles. The van der Waals surface area contributed by atoms with Crippen LogP contribution in [0.15, 0.2) is 0 Å². The molecule has 21 nitrogen and oxygen atoms in total. The molecule has 0 aliphatic carbocycles. The van der Waals surface area contributed by atoms with Crippen molar-refractivity contribution in [3.05, 3.63) is 0 Å². The Labute approximate surface area is 340 Å². The number of hydrogen-bond acceptors (Lipinski definition) is 21. The van der Waals surface area contributed by atoms with Crippen molar-refractivity contribution in [1.29, 1.82) is 5.26 Å². The van der Waals surface area contributed by atoms with E-state index in [0.29, 0.717) is 12.8 Å². The highest BCUT2D eigenvalue weighted by molar-refractivity contribution is 5.69. The van der Waals surface area contributed by atoms with Crippen LogP contribution in [0.2, 0.25) is 0 Å². The van der Waals surface area contributed by atoms with Crippen molar-refractivity contribution in [2.45, 2.75) is 155 Å². The van der Waals surface area contributed by atoms with E-state index in [-0.39, 0.29) is 13.0 Å². The number of hydrogen-bond donors (Lipinski definition) is 0. The summed E-state index contributed by atoms with van der Waals surface area (Å²) in [6.45, 7) is 7.97. The summed E-state index contributed by atoms with van der Waals surface area (Å²) in [6.07, 6.45) is -13.2. The van der Waals surface area contributed by atoms with E-state index in [0.717, 1.165) is 48.5 Å². The fraction of sp³-hybridized carbons (Fsp3) is 0.737. The van der Waals surface area contributed by atoms with Crippen molar-refractivity contribution < 1.29 is 95.1 Å². The van der Waals surface area contributed by atoms with Gasteiger partial charge in [-0.25, -0.2) is 0 Å². The predicted octanol–water partition coefficient (Wildman–Crippen LogP) is 0.696. The minimum atomic E-state index is -1.85. The highest BCUT2D eigenvalue weighted by Gasteiger charge is 2.58. The summed E-state index contributed by atoms with van der Waals surface area (Å²) in [5.41, 5.74) is 0. The largest absolute Gasteiger partial charge is 0.463 e. The SMILES string of the molecule is C#CCCCO[C@@H]1OC(COC(C)=O)[C@@H](O[C@H]2OC(COC(C)=O)[C@@H](O[C@H]3OC(C)[C@@H](C#N)CC3OC(C)=O)C(OC(C)=O)C2OC(C)=O)C(OC(C)=O)C1OC(C)=O. The molecule has 3 rings (SSSR count). The van der Waals surface area contributed by atoms with E-state index >= 15 is 0 Å². The van der Waals surface area contributed by atoms with Crippen LogP contribution in [0, 0.1) is 29.6 Å². The molecule has 0 aromatic carbocycles. The smallest absolute Gasteiger partial charge is 0.303 e. The summed E-state index contributed by atoms with van der Waals surface area (Å²) in [4.78, 5) is 86.9. The first kappa shape index (κ1) is 48.5. The molecule has 3 aliphatic heterocycles. The third-order valence-corrected chi connectivity index (χ3v) is 8.81. The van der Waals surface area contributed by atoms with Crippen molar-refractivity contribution in [2.75, 3.05) is 19.8 Å². The summed E-state index contributed by atoms with van der Waals surface area (Å²) in [5.74, 6) is -4.11. The maximum absolute atomic E-state index is 12.8. The zero-order chi connectivity index (χ0) is 44.0. The van der Waals surface area contributed by atoms with E-state index in [9.17, 15) is 38.8 Å². The number of esters is 7. The van der Waals surface area contributed by atoms with Crippen LogP contribution < -0.4 is 0 Å². The number of nitrogens with zero attached hydrogens (tertiary/aromatic N) is 1. The number of carbonyl (C=O) groups is 7. The van der Waals surface area contributed by atoms with Crippen LogP contribution in [0.25, 0.3) is 0 Å². The van der Waals surface area contributed by atoms with Crippen LogP contribution in [-0.4, -0.2) is 142 Å². The molecule has 0 aromatic heterocycles. The Morgan fingerprint density at radius 2 is 1.03 bits per heavy atom. The van der Waals surface area contributed by atoms with Gasteiger partial charge < -0.3 is 61.6 Å². The van der Waals surface area contributed by atoms with Gasteiger partial charge in [-0.05, 0) is 13.3 Å². The lowest BCUT2D eigenvalue weighted by molar-refractivity contribution is -0.374. The molecule has 0 radical (unpaired) electrons. The van der Waals surface area contributed by atoms with Crippen LogP contribution in [0.1, 0.15) is 74.7 Å². The second-order valence-electron chi connectivity index (χ2n) is 13.7. The lowest BCUT2D eigenvalue weighted by atomic mass is 9.93. The monoisotopic (exact) mass is 841 g/mol. The molecular formula is C38H51NO20. The lowest BCUT2D eigenvalue weighted by Gasteiger charge is -2.49. The van der Waals surface area contributed by atoms with Crippen molar-refractivity contribution in [3.8, 4) is 18.4 Å². The number of unbranched alkanes of at least 4 members (excludes halogenated alkanes) is 1. The summed E-state index contributed by atoms with van der Waals surface area (Å²) < 4.78 is 75.6. The quantitative estimate of drug-likeness (QED) is 0.0844. The molecule has 0 bridgehead atoms. The Balaban J connectivity index is 2.18. The number of nitriles is 1. The molecule has 3 heterocycles. The molecule has 0 amide bonds. The van der Waals surface area contributed by atoms with Gasteiger partial charge in [-0.2, -0.15) is 5.26 Å². The molecule has 0 N–H and O–H groups in total. The van der Waals surface area contributed by atoms with Gasteiger partial charge in [-0.15, -0.1) is 12.3 Å². The van der Waals surface area contributed by atoms with Crippen LogP contribution in [0.4, 0.5) is 0 Å². The Kier molecular flexibility index (Phi) is 18.9. The Hall–Kier alpha value is -4.90. The van der Waals surface area contributed by atoms with Gasteiger partial charge in [0.15, 0.2) is 49.4 Å². The first-order valence-corrected chi connectivity index (χ1v) is 18.7.